The molecule has 132 valence electrons. The van der Waals surface area contributed by atoms with Crippen molar-refractivity contribution in [1.29, 1.82) is 0 Å². The van der Waals surface area contributed by atoms with Crippen molar-refractivity contribution in [3.05, 3.63) is 65.4 Å². The SMILES string of the molecule is O=C(/C=C\c1ccccc1)N1CCC[C@@H](c2nnc(-c3cccs3)o2)C1. The molecule has 26 heavy (non-hydrogen) atoms. The van der Waals surface area contributed by atoms with Crippen LogP contribution in [0.15, 0.2) is 58.3 Å². The van der Waals surface area contributed by atoms with E-state index in [1.807, 2.05) is 58.8 Å². The zero-order valence-corrected chi connectivity index (χ0v) is 15.1. The van der Waals surface area contributed by atoms with Crippen LogP contribution in [0.1, 0.15) is 30.2 Å². The normalized spacial score (nSPS) is 17.7. The number of hydrogen-bond donors (Lipinski definition) is 0. The van der Waals surface area contributed by atoms with E-state index in [4.69, 9.17) is 4.42 Å². The van der Waals surface area contributed by atoms with Crippen LogP contribution in [0.25, 0.3) is 16.8 Å². The van der Waals surface area contributed by atoms with Crippen LogP contribution < -0.4 is 0 Å². The summed E-state index contributed by atoms with van der Waals surface area (Å²) in [6.45, 7) is 1.38. The molecule has 0 unspecified atom stereocenters. The van der Waals surface area contributed by atoms with Crippen LogP contribution in [0.2, 0.25) is 0 Å². The number of likely N-dealkylation sites (tertiary alicyclic amines) is 1. The lowest BCUT2D eigenvalue weighted by atomic mass is 9.98. The van der Waals surface area contributed by atoms with E-state index in [0.717, 1.165) is 29.8 Å². The molecule has 1 aliphatic heterocycles. The summed E-state index contributed by atoms with van der Waals surface area (Å²) in [5.41, 5.74) is 1.02. The van der Waals surface area contributed by atoms with Gasteiger partial charge >= 0.3 is 0 Å². The second-order valence-electron chi connectivity index (χ2n) is 6.29. The lowest BCUT2D eigenvalue weighted by Gasteiger charge is -2.30. The Labute approximate surface area is 156 Å². The van der Waals surface area contributed by atoms with Gasteiger partial charge in [0.15, 0.2) is 0 Å². The molecule has 0 bridgehead atoms. The maximum Gasteiger partial charge on any atom is 0.257 e. The minimum atomic E-state index is 0.0246. The number of amides is 1. The predicted octanol–water partition coefficient (Wildman–Crippen LogP) is 4.22. The minimum absolute atomic E-state index is 0.0246. The first-order valence-corrected chi connectivity index (χ1v) is 9.57. The fourth-order valence-corrected chi connectivity index (χ4v) is 3.76. The highest BCUT2D eigenvalue weighted by Crippen LogP contribution is 2.30. The van der Waals surface area contributed by atoms with E-state index in [0.29, 0.717) is 18.3 Å². The van der Waals surface area contributed by atoms with Crippen LogP contribution >= 0.6 is 11.3 Å². The van der Waals surface area contributed by atoms with E-state index in [2.05, 4.69) is 10.2 Å². The van der Waals surface area contributed by atoms with Gasteiger partial charge in [-0.05, 0) is 35.9 Å². The summed E-state index contributed by atoms with van der Waals surface area (Å²) in [6, 6.07) is 13.8. The van der Waals surface area contributed by atoms with Crippen molar-refractivity contribution in [2.75, 3.05) is 13.1 Å². The lowest BCUT2D eigenvalue weighted by Crippen LogP contribution is -2.38. The molecule has 3 aromatic rings. The molecular weight excluding hydrogens is 346 g/mol. The van der Waals surface area contributed by atoms with Gasteiger partial charge in [-0.3, -0.25) is 4.79 Å². The monoisotopic (exact) mass is 365 g/mol. The Morgan fingerprint density at radius 3 is 2.88 bits per heavy atom. The Balaban J connectivity index is 1.42. The summed E-state index contributed by atoms with van der Waals surface area (Å²) in [5, 5.41) is 10.4. The summed E-state index contributed by atoms with van der Waals surface area (Å²) >= 11 is 1.58. The number of thiophene rings is 1. The first kappa shape index (κ1) is 16.7. The highest BCUT2D eigenvalue weighted by atomic mass is 32.1. The topological polar surface area (TPSA) is 59.2 Å². The molecule has 1 atom stereocenters. The van der Waals surface area contributed by atoms with Crippen LogP contribution in [-0.4, -0.2) is 34.1 Å². The van der Waals surface area contributed by atoms with Crippen LogP contribution in [0.3, 0.4) is 0 Å². The number of nitrogens with zero attached hydrogens (tertiary/aromatic N) is 3. The fourth-order valence-electron chi connectivity index (χ4n) is 3.12. The third kappa shape index (κ3) is 3.75. The van der Waals surface area contributed by atoms with Gasteiger partial charge in [-0.2, -0.15) is 0 Å². The van der Waals surface area contributed by atoms with Gasteiger partial charge in [-0.15, -0.1) is 21.5 Å². The van der Waals surface area contributed by atoms with E-state index < -0.39 is 0 Å². The van der Waals surface area contributed by atoms with Gasteiger partial charge < -0.3 is 9.32 Å². The molecule has 2 aromatic heterocycles. The maximum atomic E-state index is 12.5. The van der Waals surface area contributed by atoms with Gasteiger partial charge in [0.2, 0.25) is 11.8 Å². The second-order valence-corrected chi connectivity index (χ2v) is 7.24. The molecule has 1 saturated heterocycles. The number of carbonyl (C=O) groups is 1. The van der Waals surface area contributed by atoms with Crippen molar-refractivity contribution in [2.45, 2.75) is 18.8 Å². The molecule has 0 N–H and O–H groups in total. The molecule has 5 nitrogen and oxygen atoms in total. The van der Waals surface area contributed by atoms with Crippen molar-refractivity contribution in [2.24, 2.45) is 0 Å². The van der Waals surface area contributed by atoms with Crippen molar-refractivity contribution in [1.82, 2.24) is 15.1 Å². The smallest absolute Gasteiger partial charge is 0.257 e. The number of carbonyl (C=O) groups excluding carboxylic acids is 1. The Bertz CT molecular complexity index is 887. The van der Waals surface area contributed by atoms with Gasteiger partial charge in [0.1, 0.15) is 0 Å². The Hall–Kier alpha value is -2.73. The van der Waals surface area contributed by atoms with Crippen molar-refractivity contribution < 1.29 is 9.21 Å². The van der Waals surface area contributed by atoms with Gasteiger partial charge in [0.05, 0.1) is 10.8 Å². The van der Waals surface area contributed by atoms with Gasteiger partial charge in [0, 0.05) is 19.2 Å². The lowest BCUT2D eigenvalue weighted by molar-refractivity contribution is -0.127. The molecule has 6 heteroatoms. The average Bonchev–Trinajstić information content (AvgIpc) is 3.38. The first-order chi connectivity index (χ1) is 12.8. The first-order valence-electron chi connectivity index (χ1n) is 8.69. The molecule has 1 aliphatic rings. The summed E-state index contributed by atoms with van der Waals surface area (Å²) in [6.07, 6.45) is 5.39. The van der Waals surface area contributed by atoms with Crippen molar-refractivity contribution in [3.63, 3.8) is 0 Å². The summed E-state index contributed by atoms with van der Waals surface area (Å²) < 4.78 is 5.86. The zero-order valence-electron chi connectivity index (χ0n) is 14.2. The van der Waals surface area contributed by atoms with Crippen molar-refractivity contribution >= 4 is 23.3 Å². The van der Waals surface area contributed by atoms with E-state index in [1.54, 1.807) is 17.4 Å². The highest BCUT2D eigenvalue weighted by molar-refractivity contribution is 7.13. The standard InChI is InChI=1S/C20H19N3O2S/c24-18(11-10-15-6-2-1-3-7-15)23-12-4-8-16(14-23)19-21-22-20(25-19)17-9-5-13-26-17/h1-3,5-7,9-11,13,16H,4,8,12,14H2/b11-10-/t16-/m1/s1. The molecule has 3 heterocycles. The van der Waals surface area contributed by atoms with Crippen LogP contribution in [0, 0.1) is 0 Å². The number of piperidine rings is 1. The molecule has 1 fully saturated rings. The Kier molecular flexibility index (Phi) is 4.93. The van der Waals surface area contributed by atoms with E-state index in [1.165, 1.54) is 0 Å². The Morgan fingerprint density at radius 1 is 1.19 bits per heavy atom. The average molecular weight is 365 g/mol. The van der Waals surface area contributed by atoms with Gasteiger partial charge in [-0.25, -0.2) is 0 Å². The van der Waals surface area contributed by atoms with Crippen LogP contribution in [0.5, 0.6) is 0 Å². The van der Waals surface area contributed by atoms with E-state index in [9.17, 15) is 4.79 Å². The maximum absolute atomic E-state index is 12.5. The summed E-state index contributed by atoms with van der Waals surface area (Å²) in [5.74, 6) is 1.30. The van der Waals surface area contributed by atoms with Gasteiger partial charge in [0.25, 0.3) is 5.89 Å². The number of hydrogen-bond acceptors (Lipinski definition) is 5. The summed E-state index contributed by atoms with van der Waals surface area (Å²) in [7, 11) is 0. The number of aromatic nitrogens is 2. The summed E-state index contributed by atoms with van der Waals surface area (Å²) in [4.78, 5) is 15.3. The molecule has 1 aromatic carbocycles. The molecule has 0 radical (unpaired) electrons. The van der Waals surface area contributed by atoms with Gasteiger partial charge in [-0.1, -0.05) is 36.4 Å². The van der Waals surface area contributed by atoms with E-state index >= 15 is 0 Å². The van der Waals surface area contributed by atoms with Crippen LogP contribution in [0.4, 0.5) is 0 Å². The molecule has 4 rings (SSSR count). The third-order valence-electron chi connectivity index (χ3n) is 4.47. The predicted molar refractivity (Wildman–Crippen MR) is 102 cm³/mol. The molecule has 0 saturated carbocycles. The number of rotatable bonds is 4. The quantitative estimate of drug-likeness (QED) is 0.650. The molecular formula is C20H19N3O2S. The molecule has 0 aliphatic carbocycles. The zero-order chi connectivity index (χ0) is 17.8. The van der Waals surface area contributed by atoms with Crippen LogP contribution in [-0.2, 0) is 4.79 Å². The number of benzene rings is 1. The Morgan fingerprint density at radius 2 is 2.08 bits per heavy atom. The largest absolute Gasteiger partial charge is 0.420 e. The molecule has 1 amide bonds. The highest BCUT2D eigenvalue weighted by Gasteiger charge is 2.27. The molecule has 0 spiro atoms. The minimum Gasteiger partial charge on any atom is -0.420 e. The third-order valence-corrected chi connectivity index (χ3v) is 5.33. The fraction of sp³-hybridized carbons (Fsp3) is 0.250. The van der Waals surface area contributed by atoms with E-state index in [-0.39, 0.29) is 11.8 Å². The second kappa shape index (κ2) is 7.66. The van der Waals surface area contributed by atoms with Crippen molar-refractivity contribution in [3.8, 4) is 10.8 Å².